The maximum Gasteiger partial charge on any atom is 0.416 e. The van der Waals surface area contributed by atoms with E-state index < -0.39 is 11.7 Å². The van der Waals surface area contributed by atoms with Gasteiger partial charge in [-0.1, -0.05) is 25.1 Å². The van der Waals surface area contributed by atoms with E-state index in [1.807, 2.05) is 0 Å². The lowest BCUT2D eigenvalue weighted by Crippen LogP contribution is -2.54. The number of benzene rings is 1. The Kier molecular flexibility index (Phi) is 4.70. The molecule has 2 atom stereocenters. The van der Waals surface area contributed by atoms with Crippen molar-refractivity contribution in [1.29, 1.82) is 0 Å². The summed E-state index contributed by atoms with van der Waals surface area (Å²) in [7, 11) is 0. The van der Waals surface area contributed by atoms with Crippen molar-refractivity contribution in [3.8, 4) is 0 Å². The van der Waals surface area contributed by atoms with Crippen molar-refractivity contribution >= 4 is 0 Å². The van der Waals surface area contributed by atoms with E-state index in [9.17, 15) is 13.2 Å². The summed E-state index contributed by atoms with van der Waals surface area (Å²) in [5, 5.41) is 3.46. The SMILES string of the molecule is CCC1CN(Cc2ccccc2C(F)(F)F)CC(C)N1. The molecule has 1 aliphatic heterocycles. The molecule has 1 aromatic rings. The highest BCUT2D eigenvalue weighted by Gasteiger charge is 2.33. The molecule has 0 amide bonds. The molecule has 1 aromatic carbocycles. The van der Waals surface area contributed by atoms with E-state index >= 15 is 0 Å². The van der Waals surface area contributed by atoms with Gasteiger partial charge in [0.15, 0.2) is 0 Å². The van der Waals surface area contributed by atoms with Gasteiger partial charge in [-0.2, -0.15) is 13.2 Å². The first-order valence-corrected chi connectivity index (χ1v) is 7.03. The van der Waals surface area contributed by atoms with Crippen LogP contribution in [0.2, 0.25) is 0 Å². The van der Waals surface area contributed by atoms with Gasteiger partial charge in [-0.3, -0.25) is 4.90 Å². The largest absolute Gasteiger partial charge is 0.416 e. The molecule has 1 N–H and O–H groups in total. The molecule has 5 heteroatoms. The van der Waals surface area contributed by atoms with Crippen LogP contribution in [0.3, 0.4) is 0 Å². The molecular weight excluding hydrogens is 265 g/mol. The summed E-state index contributed by atoms with van der Waals surface area (Å²) < 4.78 is 39.0. The van der Waals surface area contributed by atoms with Crippen LogP contribution < -0.4 is 5.32 Å². The summed E-state index contributed by atoms with van der Waals surface area (Å²) in [6.45, 7) is 6.11. The van der Waals surface area contributed by atoms with E-state index in [2.05, 4.69) is 24.1 Å². The van der Waals surface area contributed by atoms with Crippen LogP contribution in [0.15, 0.2) is 24.3 Å². The molecule has 2 unspecified atom stereocenters. The Morgan fingerprint density at radius 2 is 1.95 bits per heavy atom. The average molecular weight is 286 g/mol. The zero-order valence-electron chi connectivity index (χ0n) is 11.9. The van der Waals surface area contributed by atoms with E-state index in [-0.39, 0.29) is 0 Å². The summed E-state index contributed by atoms with van der Waals surface area (Å²) in [5.74, 6) is 0. The fourth-order valence-electron chi connectivity index (χ4n) is 2.83. The minimum absolute atomic E-state index is 0.312. The Hall–Kier alpha value is -1.07. The number of alkyl halides is 3. The molecule has 0 aromatic heterocycles. The third-order valence-corrected chi connectivity index (χ3v) is 3.74. The molecule has 20 heavy (non-hydrogen) atoms. The molecule has 0 aliphatic carbocycles. The van der Waals surface area contributed by atoms with E-state index in [4.69, 9.17) is 0 Å². The standard InChI is InChI=1S/C15H21F3N2/c1-3-13-10-20(8-11(2)19-13)9-12-6-4-5-7-14(12)15(16,17)18/h4-7,11,13,19H,3,8-10H2,1-2H3. The topological polar surface area (TPSA) is 15.3 Å². The van der Waals surface area contributed by atoms with E-state index in [1.54, 1.807) is 12.1 Å². The molecule has 1 aliphatic rings. The number of piperazine rings is 1. The second kappa shape index (κ2) is 6.14. The Bertz CT molecular complexity index is 445. The third-order valence-electron chi connectivity index (χ3n) is 3.74. The maximum atomic E-state index is 13.0. The summed E-state index contributed by atoms with van der Waals surface area (Å²) >= 11 is 0. The molecule has 1 fully saturated rings. The van der Waals surface area contributed by atoms with Crippen LogP contribution in [0.25, 0.3) is 0 Å². The molecule has 0 spiro atoms. The number of halogens is 3. The van der Waals surface area contributed by atoms with Crippen molar-refractivity contribution in [3.63, 3.8) is 0 Å². The van der Waals surface area contributed by atoms with Gasteiger partial charge in [-0.25, -0.2) is 0 Å². The first-order chi connectivity index (χ1) is 9.40. The van der Waals surface area contributed by atoms with Crippen molar-refractivity contribution in [3.05, 3.63) is 35.4 Å². The number of nitrogens with one attached hydrogen (secondary N) is 1. The lowest BCUT2D eigenvalue weighted by atomic mass is 10.0. The third kappa shape index (κ3) is 3.73. The number of hydrogen-bond donors (Lipinski definition) is 1. The first kappa shape index (κ1) is 15.3. The van der Waals surface area contributed by atoms with Crippen LogP contribution in [-0.2, 0) is 12.7 Å². The molecular formula is C15H21F3N2. The summed E-state index contributed by atoms with van der Waals surface area (Å²) in [6.07, 6.45) is -3.29. The van der Waals surface area contributed by atoms with Gasteiger partial charge >= 0.3 is 6.18 Å². The van der Waals surface area contributed by atoms with Crippen LogP contribution in [0, 0.1) is 0 Å². The van der Waals surface area contributed by atoms with Gasteiger partial charge in [0.2, 0.25) is 0 Å². The minimum Gasteiger partial charge on any atom is -0.309 e. The van der Waals surface area contributed by atoms with Crippen LogP contribution in [0.4, 0.5) is 13.2 Å². The predicted octanol–water partition coefficient (Wildman–Crippen LogP) is 3.28. The van der Waals surface area contributed by atoms with Gasteiger partial charge in [0.1, 0.15) is 0 Å². The van der Waals surface area contributed by atoms with Gasteiger partial charge in [-0.05, 0) is 25.0 Å². The lowest BCUT2D eigenvalue weighted by molar-refractivity contribution is -0.138. The number of hydrogen-bond acceptors (Lipinski definition) is 2. The first-order valence-electron chi connectivity index (χ1n) is 7.03. The zero-order valence-corrected chi connectivity index (χ0v) is 11.9. The van der Waals surface area contributed by atoms with Crippen molar-refractivity contribution < 1.29 is 13.2 Å². The van der Waals surface area contributed by atoms with Gasteiger partial charge in [0, 0.05) is 31.7 Å². The molecule has 0 bridgehead atoms. The van der Waals surface area contributed by atoms with Crippen molar-refractivity contribution in [2.24, 2.45) is 0 Å². The Morgan fingerprint density at radius 3 is 2.60 bits per heavy atom. The van der Waals surface area contributed by atoms with Gasteiger partial charge in [0.05, 0.1) is 5.56 Å². The van der Waals surface area contributed by atoms with Crippen molar-refractivity contribution in [2.45, 2.75) is 45.1 Å². The smallest absolute Gasteiger partial charge is 0.309 e. The van der Waals surface area contributed by atoms with E-state index in [0.717, 1.165) is 25.6 Å². The monoisotopic (exact) mass is 286 g/mol. The van der Waals surface area contributed by atoms with Gasteiger partial charge in [-0.15, -0.1) is 0 Å². The quantitative estimate of drug-likeness (QED) is 0.917. The fraction of sp³-hybridized carbons (Fsp3) is 0.600. The number of nitrogens with zero attached hydrogens (tertiary/aromatic N) is 1. The van der Waals surface area contributed by atoms with Crippen LogP contribution in [0.1, 0.15) is 31.4 Å². The number of rotatable bonds is 3. The maximum absolute atomic E-state index is 13.0. The molecule has 0 radical (unpaired) electrons. The van der Waals surface area contributed by atoms with Crippen molar-refractivity contribution in [1.82, 2.24) is 10.2 Å². The Labute approximate surface area is 118 Å². The highest BCUT2D eigenvalue weighted by Crippen LogP contribution is 2.32. The van der Waals surface area contributed by atoms with E-state index in [0.29, 0.717) is 24.2 Å². The highest BCUT2D eigenvalue weighted by atomic mass is 19.4. The summed E-state index contributed by atoms with van der Waals surface area (Å²) in [5.41, 5.74) is -0.150. The van der Waals surface area contributed by atoms with Crippen LogP contribution in [0.5, 0.6) is 0 Å². The second-order valence-corrected chi connectivity index (χ2v) is 5.52. The van der Waals surface area contributed by atoms with Gasteiger partial charge in [0.25, 0.3) is 0 Å². The lowest BCUT2D eigenvalue weighted by Gasteiger charge is -2.37. The van der Waals surface area contributed by atoms with Gasteiger partial charge < -0.3 is 5.32 Å². The Balaban J connectivity index is 2.14. The minimum atomic E-state index is -4.28. The summed E-state index contributed by atoms with van der Waals surface area (Å²) in [4.78, 5) is 2.11. The second-order valence-electron chi connectivity index (χ2n) is 5.52. The molecule has 2 nitrogen and oxygen atoms in total. The van der Waals surface area contributed by atoms with Crippen molar-refractivity contribution in [2.75, 3.05) is 13.1 Å². The van der Waals surface area contributed by atoms with Crippen LogP contribution >= 0.6 is 0 Å². The average Bonchev–Trinajstić information content (AvgIpc) is 2.37. The zero-order chi connectivity index (χ0) is 14.8. The predicted molar refractivity (Wildman–Crippen MR) is 73.4 cm³/mol. The summed E-state index contributed by atoms with van der Waals surface area (Å²) in [6, 6.07) is 6.53. The van der Waals surface area contributed by atoms with E-state index in [1.165, 1.54) is 6.07 Å². The molecule has 112 valence electrons. The Morgan fingerprint density at radius 1 is 1.25 bits per heavy atom. The van der Waals surface area contributed by atoms with Crippen LogP contribution in [-0.4, -0.2) is 30.1 Å². The molecule has 1 saturated heterocycles. The molecule has 0 saturated carbocycles. The normalized spacial score (nSPS) is 24.9. The molecule has 1 heterocycles. The molecule has 2 rings (SSSR count). The fourth-order valence-corrected chi connectivity index (χ4v) is 2.83. The highest BCUT2D eigenvalue weighted by molar-refractivity contribution is 5.29.